The number of para-hydroxylation sites is 1. The van der Waals surface area contributed by atoms with E-state index in [0.29, 0.717) is 13.0 Å². The van der Waals surface area contributed by atoms with Gasteiger partial charge in [0.2, 0.25) is 5.91 Å². The van der Waals surface area contributed by atoms with Crippen LogP contribution in [-0.2, 0) is 21.5 Å². The molecule has 3 saturated heterocycles. The van der Waals surface area contributed by atoms with Gasteiger partial charge in [-0.05, 0) is 24.5 Å². The SMILES string of the molecule is O=C(O)[C@@H]1Cc2c([nH]c3ccccc23)C23CCN(CC2)CC(=O)N13. The van der Waals surface area contributed by atoms with Crippen LogP contribution in [0.25, 0.3) is 10.9 Å². The number of hydrogen-bond donors (Lipinski definition) is 2. The molecule has 3 fully saturated rings. The fraction of sp³-hybridized carbons (Fsp3) is 0.444. The molecule has 24 heavy (non-hydrogen) atoms. The van der Waals surface area contributed by atoms with Crippen LogP contribution < -0.4 is 0 Å². The molecule has 0 aliphatic carbocycles. The molecule has 1 atom stereocenters. The van der Waals surface area contributed by atoms with E-state index in [1.165, 1.54) is 0 Å². The average Bonchev–Trinajstić information content (AvgIpc) is 2.81. The number of H-pyrrole nitrogens is 1. The van der Waals surface area contributed by atoms with Crippen LogP contribution in [0.4, 0.5) is 0 Å². The third-order valence-electron chi connectivity index (χ3n) is 6.05. The quantitative estimate of drug-likeness (QED) is 0.829. The molecule has 5 heterocycles. The molecule has 0 radical (unpaired) electrons. The highest BCUT2D eigenvalue weighted by Crippen LogP contribution is 2.48. The van der Waals surface area contributed by atoms with Crippen LogP contribution in [0.15, 0.2) is 24.3 Å². The smallest absolute Gasteiger partial charge is 0.326 e. The molecule has 124 valence electrons. The minimum atomic E-state index is -0.904. The summed E-state index contributed by atoms with van der Waals surface area (Å²) in [6.07, 6.45) is 1.97. The van der Waals surface area contributed by atoms with Gasteiger partial charge in [0.25, 0.3) is 0 Å². The Balaban J connectivity index is 1.81. The number of carboxylic acid groups (broad SMARTS) is 1. The lowest BCUT2D eigenvalue weighted by molar-refractivity contribution is -0.157. The lowest BCUT2D eigenvalue weighted by Crippen LogP contribution is -2.60. The number of hydrogen-bond acceptors (Lipinski definition) is 3. The molecular weight excluding hydrogens is 306 g/mol. The van der Waals surface area contributed by atoms with Crippen LogP contribution in [-0.4, -0.2) is 57.4 Å². The van der Waals surface area contributed by atoms with Gasteiger partial charge in [-0.1, -0.05) is 18.2 Å². The van der Waals surface area contributed by atoms with Crippen LogP contribution in [0.2, 0.25) is 0 Å². The number of aromatic nitrogens is 1. The summed E-state index contributed by atoms with van der Waals surface area (Å²) in [6.45, 7) is 2.01. The van der Waals surface area contributed by atoms with Crippen molar-refractivity contribution >= 4 is 22.8 Å². The van der Waals surface area contributed by atoms with Gasteiger partial charge in [-0.25, -0.2) is 4.79 Å². The maximum atomic E-state index is 12.9. The summed E-state index contributed by atoms with van der Waals surface area (Å²) in [4.78, 5) is 32.2. The Kier molecular flexibility index (Phi) is 2.69. The zero-order valence-corrected chi connectivity index (χ0v) is 13.3. The molecule has 1 spiro atoms. The van der Waals surface area contributed by atoms with Crippen LogP contribution in [0.5, 0.6) is 0 Å². The Bertz CT molecular complexity index is 864. The average molecular weight is 325 g/mol. The first-order valence-electron chi connectivity index (χ1n) is 8.47. The summed E-state index contributed by atoms with van der Waals surface area (Å²) in [6, 6.07) is 7.26. The number of nitrogens with zero attached hydrogens (tertiary/aromatic N) is 2. The van der Waals surface area contributed by atoms with E-state index in [9.17, 15) is 14.7 Å². The number of rotatable bonds is 1. The number of aliphatic carboxylic acids is 1. The van der Waals surface area contributed by atoms with E-state index in [-0.39, 0.29) is 5.91 Å². The van der Waals surface area contributed by atoms with E-state index in [2.05, 4.69) is 9.88 Å². The standard InChI is InChI=1S/C18H19N3O3/c22-15-10-20-7-5-18(6-8-20)16-12(9-14(17(23)24)21(15)18)11-3-1-2-4-13(11)19-16/h1-4,14,19H,5-10H2,(H,23,24)/t14-/m0/s1. The summed E-state index contributed by atoms with van der Waals surface area (Å²) in [5.41, 5.74) is 2.68. The maximum Gasteiger partial charge on any atom is 0.326 e. The van der Waals surface area contributed by atoms with Crippen LogP contribution in [0.1, 0.15) is 24.1 Å². The summed E-state index contributed by atoms with van der Waals surface area (Å²) in [5.74, 6) is -0.958. The van der Waals surface area contributed by atoms with Crippen molar-refractivity contribution in [3.63, 3.8) is 0 Å². The summed E-state index contributed by atoms with van der Waals surface area (Å²) in [7, 11) is 0. The lowest BCUT2D eigenvalue weighted by Gasteiger charge is -2.49. The highest BCUT2D eigenvalue weighted by Gasteiger charge is 2.55. The van der Waals surface area contributed by atoms with Crippen molar-refractivity contribution in [3.8, 4) is 0 Å². The molecule has 1 amide bonds. The van der Waals surface area contributed by atoms with Crippen molar-refractivity contribution in [1.82, 2.24) is 14.8 Å². The Morgan fingerprint density at radius 2 is 2.00 bits per heavy atom. The number of carbonyl (C=O) groups is 2. The number of carboxylic acids is 1. The monoisotopic (exact) mass is 325 g/mol. The molecule has 2 N–H and O–H groups in total. The van der Waals surface area contributed by atoms with Crippen LogP contribution in [0, 0.1) is 0 Å². The maximum absolute atomic E-state index is 12.9. The van der Waals surface area contributed by atoms with E-state index in [4.69, 9.17) is 0 Å². The highest BCUT2D eigenvalue weighted by molar-refractivity contribution is 5.91. The summed E-state index contributed by atoms with van der Waals surface area (Å²) < 4.78 is 0. The normalized spacial score (nSPS) is 31.7. The molecular formula is C18H19N3O3. The highest BCUT2D eigenvalue weighted by atomic mass is 16.4. The van der Waals surface area contributed by atoms with Gasteiger partial charge in [0, 0.05) is 36.1 Å². The van der Waals surface area contributed by atoms with Crippen LogP contribution in [0.3, 0.4) is 0 Å². The molecule has 4 aliphatic rings. The third kappa shape index (κ3) is 1.64. The van der Waals surface area contributed by atoms with E-state index in [0.717, 1.165) is 48.1 Å². The van der Waals surface area contributed by atoms with Crippen molar-refractivity contribution in [2.45, 2.75) is 30.8 Å². The largest absolute Gasteiger partial charge is 0.480 e. The lowest BCUT2D eigenvalue weighted by atomic mass is 9.76. The summed E-state index contributed by atoms with van der Waals surface area (Å²) in [5, 5.41) is 10.9. The number of benzene rings is 1. The number of fused-ring (bicyclic) bond motifs is 6. The van der Waals surface area contributed by atoms with Crippen molar-refractivity contribution in [3.05, 3.63) is 35.5 Å². The minimum Gasteiger partial charge on any atom is -0.480 e. The van der Waals surface area contributed by atoms with Crippen molar-refractivity contribution < 1.29 is 14.7 Å². The van der Waals surface area contributed by atoms with Gasteiger partial charge in [0.05, 0.1) is 12.1 Å². The zero-order chi connectivity index (χ0) is 16.5. The van der Waals surface area contributed by atoms with E-state index in [1.807, 2.05) is 24.3 Å². The zero-order valence-electron chi connectivity index (χ0n) is 13.3. The predicted molar refractivity (Wildman–Crippen MR) is 87.6 cm³/mol. The molecule has 6 heteroatoms. The Labute approximate surface area is 139 Å². The Hall–Kier alpha value is -2.34. The molecule has 0 unspecified atom stereocenters. The van der Waals surface area contributed by atoms with Gasteiger partial charge < -0.3 is 15.0 Å². The fourth-order valence-corrected chi connectivity index (χ4v) is 4.96. The fourth-order valence-electron chi connectivity index (χ4n) is 4.96. The molecule has 2 aromatic rings. The molecule has 1 aromatic carbocycles. The molecule has 2 bridgehead atoms. The number of carbonyl (C=O) groups excluding carboxylic acids is 1. The van der Waals surface area contributed by atoms with Gasteiger partial charge in [-0.2, -0.15) is 0 Å². The number of amides is 1. The van der Waals surface area contributed by atoms with Crippen molar-refractivity contribution in [2.24, 2.45) is 0 Å². The first kappa shape index (κ1) is 14.0. The second kappa shape index (κ2) is 4.60. The molecule has 0 saturated carbocycles. The van der Waals surface area contributed by atoms with E-state index < -0.39 is 17.6 Å². The Morgan fingerprint density at radius 3 is 2.75 bits per heavy atom. The topological polar surface area (TPSA) is 76.6 Å². The molecule has 4 aliphatic heterocycles. The number of aromatic amines is 1. The summed E-state index contributed by atoms with van der Waals surface area (Å²) >= 11 is 0. The molecule has 6 nitrogen and oxygen atoms in total. The van der Waals surface area contributed by atoms with Crippen LogP contribution >= 0.6 is 0 Å². The van der Waals surface area contributed by atoms with Crippen molar-refractivity contribution in [2.75, 3.05) is 19.6 Å². The third-order valence-corrected chi connectivity index (χ3v) is 6.05. The van der Waals surface area contributed by atoms with Gasteiger partial charge in [-0.15, -0.1) is 0 Å². The first-order chi connectivity index (χ1) is 11.6. The van der Waals surface area contributed by atoms with Gasteiger partial charge >= 0.3 is 5.97 Å². The second-order valence-corrected chi connectivity index (χ2v) is 7.15. The Morgan fingerprint density at radius 1 is 1.25 bits per heavy atom. The number of piperidine rings is 1. The number of nitrogens with one attached hydrogen (secondary N) is 1. The first-order valence-corrected chi connectivity index (χ1v) is 8.47. The van der Waals surface area contributed by atoms with E-state index >= 15 is 0 Å². The molecule has 6 rings (SSSR count). The van der Waals surface area contributed by atoms with Gasteiger partial charge in [0.1, 0.15) is 6.04 Å². The van der Waals surface area contributed by atoms with Gasteiger partial charge in [0.15, 0.2) is 0 Å². The predicted octanol–water partition coefficient (Wildman–Crippen LogP) is 1.31. The van der Waals surface area contributed by atoms with E-state index in [1.54, 1.807) is 4.90 Å². The minimum absolute atomic E-state index is 0.0540. The van der Waals surface area contributed by atoms with Gasteiger partial charge in [-0.3, -0.25) is 9.69 Å². The van der Waals surface area contributed by atoms with Crippen molar-refractivity contribution in [1.29, 1.82) is 0 Å². The second-order valence-electron chi connectivity index (χ2n) is 7.15. The molecule has 1 aromatic heterocycles.